The number of amides is 1. The smallest absolute Gasteiger partial charge is 0.326 e. The number of fused-ring (bicyclic) bond motifs is 3. The van der Waals surface area contributed by atoms with Crippen LogP contribution in [0.3, 0.4) is 0 Å². The number of carboxylic acid groups (broad SMARTS) is 1. The largest absolute Gasteiger partial charge is 0.491 e. The van der Waals surface area contributed by atoms with Crippen molar-refractivity contribution in [1.29, 1.82) is 0 Å². The van der Waals surface area contributed by atoms with Gasteiger partial charge in [-0.25, -0.2) is 4.79 Å². The molecule has 8 nitrogen and oxygen atoms in total. The third-order valence-corrected chi connectivity index (χ3v) is 6.48. The molecule has 1 aromatic heterocycles. The van der Waals surface area contributed by atoms with Gasteiger partial charge in [0.15, 0.2) is 0 Å². The third-order valence-electron chi connectivity index (χ3n) is 6.48. The third kappa shape index (κ3) is 7.63. The van der Waals surface area contributed by atoms with Gasteiger partial charge in [-0.2, -0.15) is 0 Å². The van der Waals surface area contributed by atoms with E-state index < -0.39 is 17.9 Å². The van der Waals surface area contributed by atoms with E-state index in [1.807, 2.05) is 30.5 Å². The first-order valence-electron chi connectivity index (χ1n) is 13.0. The molecular weight excluding hydrogens is 482 g/mol. The summed E-state index contributed by atoms with van der Waals surface area (Å²) in [5, 5.41) is 12.1. The number of nitrogens with one attached hydrogen (secondary N) is 1. The predicted molar refractivity (Wildman–Crippen MR) is 144 cm³/mol. The molecule has 2 bridgehead atoms. The maximum absolute atomic E-state index is 12.9. The van der Waals surface area contributed by atoms with E-state index in [1.165, 1.54) is 5.56 Å². The van der Waals surface area contributed by atoms with Crippen LogP contribution in [0.2, 0.25) is 0 Å². The molecule has 3 aromatic rings. The molecule has 38 heavy (non-hydrogen) atoms. The molecule has 1 atom stereocenters. The Hall–Kier alpha value is -3.75. The Kier molecular flexibility index (Phi) is 9.46. The number of aliphatic carboxylic acids is 1. The number of ether oxygens (including phenoxy) is 2. The van der Waals surface area contributed by atoms with Crippen molar-refractivity contribution in [2.45, 2.75) is 39.4 Å². The van der Waals surface area contributed by atoms with Gasteiger partial charge in [0, 0.05) is 37.8 Å². The molecule has 8 heteroatoms. The summed E-state index contributed by atoms with van der Waals surface area (Å²) in [5.41, 5.74) is 4.54. The zero-order valence-corrected chi connectivity index (χ0v) is 21.9. The molecule has 0 radical (unpaired) electrons. The van der Waals surface area contributed by atoms with Gasteiger partial charge < -0.3 is 19.9 Å². The summed E-state index contributed by atoms with van der Waals surface area (Å²) < 4.78 is 11.9. The van der Waals surface area contributed by atoms with Gasteiger partial charge in [0.1, 0.15) is 18.4 Å². The van der Waals surface area contributed by atoms with E-state index in [0.717, 1.165) is 36.5 Å². The summed E-state index contributed by atoms with van der Waals surface area (Å²) in [6.07, 6.45) is 2.38. The first-order valence-corrected chi connectivity index (χ1v) is 13.0. The summed E-state index contributed by atoms with van der Waals surface area (Å²) in [4.78, 5) is 31.3. The van der Waals surface area contributed by atoms with E-state index in [9.17, 15) is 14.7 Å². The topological polar surface area (TPSA) is 101 Å². The van der Waals surface area contributed by atoms with E-state index in [2.05, 4.69) is 33.4 Å². The summed E-state index contributed by atoms with van der Waals surface area (Å²) >= 11 is 0. The molecule has 0 fully saturated rings. The fourth-order valence-corrected chi connectivity index (χ4v) is 4.49. The molecular formula is C30H35N3O5. The Morgan fingerprint density at radius 2 is 1.87 bits per heavy atom. The molecule has 2 N–H and O–H groups in total. The van der Waals surface area contributed by atoms with Crippen LogP contribution in [-0.4, -0.2) is 59.3 Å². The van der Waals surface area contributed by atoms with E-state index in [4.69, 9.17) is 9.47 Å². The van der Waals surface area contributed by atoms with Gasteiger partial charge in [0.05, 0.1) is 18.9 Å². The van der Waals surface area contributed by atoms with Gasteiger partial charge in [-0.1, -0.05) is 44.2 Å². The van der Waals surface area contributed by atoms with Crippen LogP contribution in [-0.2, 0) is 29.0 Å². The van der Waals surface area contributed by atoms with Crippen molar-refractivity contribution in [2.24, 2.45) is 5.92 Å². The van der Waals surface area contributed by atoms with Gasteiger partial charge in [-0.15, -0.1) is 0 Å². The molecule has 1 unspecified atom stereocenters. The zero-order chi connectivity index (χ0) is 26.9. The Balaban J connectivity index is 1.57. The highest BCUT2D eigenvalue weighted by Gasteiger charge is 2.24. The lowest BCUT2D eigenvalue weighted by Gasteiger charge is -2.23. The average Bonchev–Trinajstić information content (AvgIpc) is 2.89. The fourth-order valence-electron chi connectivity index (χ4n) is 4.49. The molecule has 0 saturated carbocycles. The van der Waals surface area contributed by atoms with Gasteiger partial charge >= 0.3 is 5.97 Å². The number of carbonyl (C=O) groups excluding carboxylic acids is 1. The quantitative estimate of drug-likeness (QED) is 0.511. The summed E-state index contributed by atoms with van der Waals surface area (Å²) in [7, 11) is 0. The maximum Gasteiger partial charge on any atom is 0.326 e. The minimum atomic E-state index is -1.05. The number of benzene rings is 2. The lowest BCUT2D eigenvalue weighted by atomic mass is 9.99. The van der Waals surface area contributed by atoms with Crippen molar-refractivity contribution in [2.75, 3.05) is 26.4 Å². The molecule has 200 valence electrons. The van der Waals surface area contributed by atoms with Gasteiger partial charge in [-0.3, -0.25) is 14.7 Å². The van der Waals surface area contributed by atoms with Crippen LogP contribution in [0.4, 0.5) is 0 Å². The van der Waals surface area contributed by atoms with Gasteiger partial charge in [0.25, 0.3) is 5.91 Å². The number of hydrogen-bond donors (Lipinski definition) is 2. The predicted octanol–water partition coefficient (Wildman–Crippen LogP) is 3.92. The van der Waals surface area contributed by atoms with Crippen molar-refractivity contribution < 1.29 is 24.2 Å². The van der Waals surface area contributed by atoms with Crippen molar-refractivity contribution in [1.82, 2.24) is 15.2 Å². The number of pyridine rings is 1. The summed E-state index contributed by atoms with van der Waals surface area (Å²) in [6, 6.07) is 18.6. The number of nitrogens with zero attached hydrogens (tertiary/aromatic N) is 2. The minimum absolute atomic E-state index is 0.239. The SMILES string of the molecule is CC(C)C(NC(=O)c1ccc2c(c1)Cc1cccc(c1)CN(Cc1ccccn1)CCOCCO2)C(=O)O. The number of rotatable bonds is 6. The first kappa shape index (κ1) is 27.3. The highest BCUT2D eigenvalue weighted by molar-refractivity contribution is 5.97. The average molecular weight is 518 g/mol. The zero-order valence-electron chi connectivity index (χ0n) is 21.9. The second kappa shape index (κ2) is 13.2. The number of carboxylic acids is 1. The standard InChI is InChI=1S/C30H35N3O5/c1-21(2)28(30(35)36)32-29(34)24-9-10-27-25(18-24)17-22-6-5-7-23(16-22)19-33(12-13-37-14-15-38-27)20-26-8-3-4-11-31-26/h3-11,16,18,21,28H,12-15,17,19-20H2,1-2H3,(H,32,34)(H,35,36). The highest BCUT2D eigenvalue weighted by atomic mass is 16.5. The summed E-state index contributed by atoms with van der Waals surface area (Å²) in [5.74, 6) is -1.03. The van der Waals surface area contributed by atoms with Crippen molar-refractivity contribution in [3.63, 3.8) is 0 Å². The van der Waals surface area contributed by atoms with Gasteiger partial charge in [-0.05, 0) is 52.9 Å². The van der Waals surface area contributed by atoms with Crippen LogP contribution < -0.4 is 10.1 Å². The van der Waals surface area contributed by atoms with Crippen LogP contribution in [0.5, 0.6) is 5.75 Å². The van der Waals surface area contributed by atoms with Crippen LogP contribution >= 0.6 is 0 Å². The molecule has 1 aliphatic rings. The second-order valence-corrected chi connectivity index (χ2v) is 9.85. The highest BCUT2D eigenvalue weighted by Crippen LogP contribution is 2.25. The molecule has 1 amide bonds. The number of aromatic nitrogens is 1. The monoisotopic (exact) mass is 517 g/mol. The number of hydrogen-bond acceptors (Lipinski definition) is 6. The number of carbonyl (C=O) groups is 2. The van der Waals surface area contributed by atoms with Crippen LogP contribution in [0.1, 0.15) is 46.6 Å². The van der Waals surface area contributed by atoms with Gasteiger partial charge in [0.2, 0.25) is 0 Å². The Morgan fingerprint density at radius 3 is 2.63 bits per heavy atom. The van der Waals surface area contributed by atoms with Crippen molar-refractivity contribution in [3.05, 3.63) is 94.8 Å². The Morgan fingerprint density at radius 1 is 1.03 bits per heavy atom. The van der Waals surface area contributed by atoms with Crippen molar-refractivity contribution >= 4 is 11.9 Å². The van der Waals surface area contributed by atoms with Crippen molar-refractivity contribution in [3.8, 4) is 5.75 Å². The normalized spacial score (nSPS) is 15.6. The molecule has 0 saturated heterocycles. The van der Waals surface area contributed by atoms with E-state index >= 15 is 0 Å². The molecule has 4 rings (SSSR count). The molecule has 2 aromatic carbocycles. The van der Waals surface area contributed by atoms with E-state index in [0.29, 0.717) is 37.6 Å². The summed E-state index contributed by atoms with van der Waals surface area (Å²) in [6.45, 7) is 7.18. The molecule has 0 aliphatic carbocycles. The van der Waals surface area contributed by atoms with Crippen LogP contribution in [0.15, 0.2) is 66.9 Å². The van der Waals surface area contributed by atoms with E-state index in [-0.39, 0.29) is 5.92 Å². The molecule has 1 aliphatic heterocycles. The van der Waals surface area contributed by atoms with Crippen LogP contribution in [0, 0.1) is 5.92 Å². The first-order chi connectivity index (χ1) is 18.4. The molecule has 0 spiro atoms. The second-order valence-electron chi connectivity index (χ2n) is 9.85. The van der Waals surface area contributed by atoms with Crippen LogP contribution in [0.25, 0.3) is 0 Å². The minimum Gasteiger partial charge on any atom is -0.491 e. The molecule has 2 heterocycles. The lowest BCUT2D eigenvalue weighted by molar-refractivity contribution is -0.140. The van der Waals surface area contributed by atoms with E-state index in [1.54, 1.807) is 32.0 Å². The Bertz CT molecular complexity index is 1230. The maximum atomic E-state index is 12.9. The lowest BCUT2D eigenvalue weighted by Crippen LogP contribution is -2.44. The Labute approximate surface area is 223 Å². The fraction of sp³-hybridized carbons (Fsp3) is 0.367.